The molecule has 0 radical (unpaired) electrons. The first-order chi connectivity index (χ1) is 2.89. The highest BCUT2D eigenvalue weighted by Crippen LogP contribution is 1.91. The highest BCUT2D eigenvalue weighted by atomic mass is 27.1. The fourth-order valence-corrected chi connectivity index (χ4v) is 1.25. The van der Waals surface area contributed by atoms with Crippen LogP contribution in [0.2, 0.25) is 0 Å². The minimum atomic E-state index is -0.671. The first kappa shape index (κ1) is 4.32. The van der Waals surface area contributed by atoms with Gasteiger partial charge in [-0.05, 0) is 0 Å². The Kier molecular flexibility index (Phi) is 1.26. The molecule has 1 fully saturated rings. The molecule has 0 aromatic heterocycles. The van der Waals surface area contributed by atoms with Crippen molar-refractivity contribution < 1.29 is 8.58 Å². The quantitative estimate of drug-likeness (QED) is 0.376. The van der Waals surface area contributed by atoms with E-state index in [2.05, 4.69) is 0 Å². The minimum Gasteiger partial charge on any atom is -0.498 e. The Morgan fingerprint density at radius 2 is 2.67 bits per heavy atom. The predicted octanol–water partition coefficient (Wildman–Crippen LogP) is -0.715. The summed E-state index contributed by atoms with van der Waals surface area (Å²) in [5.41, 5.74) is 0. The van der Waals surface area contributed by atoms with Gasteiger partial charge in [0, 0.05) is 13.0 Å². The second-order valence-electron chi connectivity index (χ2n) is 1.34. The van der Waals surface area contributed by atoms with Crippen LogP contribution in [0, 0.1) is 0 Å². The molecule has 0 spiro atoms. The molecule has 0 N–H and O–H groups in total. The van der Waals surface area contributed by atoms with E-state index in [0.717, 1.165) is 0 Å². The molecule has 1 saturated heterocycles. The van der Waals surface area contributed by atoms with Gasteiger partial charge >= 0.3 is 15.6 Å². The molecule has 0 aromatic rings. The molecule has 0 aromatic carbocycles. The highest BCUT2D eigenvalue weighted by Gasteiger charge is 2.13. The molecule has 32 valence electrons. The Hall–Kier alpha value is 0.162. The molecule has 0 saturated carbocycles. The van der Waals surface area contributed by atoms with Gasteiger partial charge in [0.2, 0.25) is 0 Å². The predicted molar refractivity (Wildman–Crippen MR) is 22.7 cm³/mol. The zero-order valence-corrected chi connectivity index (χ0v) is 4.85. The van der Waals surface area contributed by atoms with E-state index in [0.29, 0.717) is 17.7 Å². The van der Waals surface area contributed by atoms with Crippen molar-refractivity contribution in [2.45, 2.75) is 6.42 Å². The Labute approximate surface area is 42.5 Å². The number of hydrogen-bond donors (Lipinski definition) is 0. The maximum absolute atomic E-state index is 10.2. The van der Waals surface area contributed by atoms with E-state index in [4.69, 9.17) is 3.79 Å². The van der Waals surface area contributed by atoms with E-state index >= 15 is 0 Å². The topological polar surface area (TPSA) is 26.3 Å². The number of carbonyl (C=O) groups is 1. The summed E-state index contributed by atoms with van der Waals surface area (Å²) in [4.78, 5) is 10.2. The van der Waals surface area contributed by atoms with Gasteiger partial charge in [-0.25, -0.2) is 0 Å². The van der Waals surface area contributed by atoms with Gasteiger partial charge in [0.05, 0.1) is 4.65 Å². The molecule has 1 aliphatic rings. The van der Waals surface area contributed by atoms with Gasteiger partial charge in [-0.1, -0.05) is 0 Å². The zero-order valence-electron chi connectivity index (χ0n) is 3.44. The number of rotatable bonds is 0. The maximum Gasteiger partial charge on any atom is 0.528 e. The van der Waals surface area contributed by atoms with Crippen molar-refractivity contribution in [1.29, 1.82) is 0 Å². The molecule has 6 heavy (non-hydrogen) atoms. The normalized spacial score (nSPS) is 21.0. The van der Waals surface area contributed by atoms with Crippen LogP contribution in [0.1, 0.15) is 6.42 Å². The van der Waals surface area contributed by atoms with Crippen molar-refractivity contribution in [3.8, 4) is 0 Å². The average Bonchev–Trinajstić information content (AvgIpc) is 1.86. The first-order valence-electron chi connectivity index (χ1n) is 1.99. The van der Waals surface area contributed by atoms with Crippen LogP contribution in [0.3, 0.4) is 0 Å². The lowest BCUT2D eigenvalue weighted by Crippen LogP contribution is -1.97. The van der Waals surface area contributed by atoms with Gasteiger partial charge in [0.25, 0.3) is 0 Å². The summed E-state index contributed by atoms with van der Waals surface area (Å²) in [7, 11) is 0. The van der Waals surface area contributed by atoms with E-state index in [9.17, 15) is 4.79 Å². The Morgan fingerprint density at radius 1 is 1.83 bits per heavy atom. The van der Waals surface area contributed by atoms with E-state index < -0.39 is 15.6 Å². The molecule has 1 heterocycles. The Balaban J connectivity index is 2.37. The Morgan fingerprint density at radius 3 is 2.83 bits per heavy atom. The first-order valence-corrected chi connectivity index (χ1v) is 3.27. The van der Waals surface area contributed by atoms with Crippen molar-refractivity contribution >= 4 is 20.2 Å². The molecule has 0 unspecified atom stereocenters. The van der Waals surface area contributed by atoms with Crippen LogP contribution < -0.4 is 0 Å². The van der Waals surface area contributed by atoms with Gasteiger partial charge in [0.1, 0.15) is 0 Å². The maximum atomic E-state index is 10.2. The van der Waals surface area contributed by atoms with Crippen molar-refractivity contribution in [3.05, 3.63) is 0 Å². The van der Waals surface area contributed by atoms with Crippen LogP contribution in [-0.2, 0) is 8.58 Å². The number of hydrogen-bond acceptors (Lipinski definition) is 2. The van der Waals surface area contributed by atoms with E-state index in [-0.39, 0.29) is 0 Å². The Bertz CT molecular complexity index is 63.2. The van der Waals surface area contributed by atoms with E-state index in [1.165, 1.54) is 0 Å². The SMILES string of the molecule is O=[C]1CC[O][AlH]1. The van der Waals surface area contributed by atoms with Crippen LogP contribution in [0.25, 0.3) is 0 Å². The third-order valence-electron chi connectivity index (χ3n) is 0.788. The second kappa shape index (κ2) is 1.74. The summed E-state index contributed by atoms with van der Waals surface area (Å²) in [6, 6.07) is 0. The van der Waals surface area contributed by atoms with Crippen LogP contribution in [0.4, 0.5) is 0 Å². The standard InChI is InChI=1S/C3H4O2.Al.H/c4-2-1-3-5;;/h1-2H2;;/q-1;+1;. The molecule has 0 atom stereocenters. The third kappa shape index (κ3) is 0.811. The summed E-state index contributed by atoms with van der Waals surface area (Å²) in [5.74, 6) is 0. The minimum absolute atomic E-state index is 0.370. The van der Waals surface area contributed by atoms with Crippen molar-refractivity contribution in [2.24, 2.45) is 0 Å². The van der Waals surface area contributed by atoms with Crippen LogP contribution in [0.5, 0.6) is 0 Å². The molecule has 1 aliphatic heterocycles. The lowest BCUT2D eigenvalue weighted by Gasteiger charge is -1.76. The van der Waals surface area contributed by atoms with Gasteiger partial charge in [-0.15, -0.1) is 0 Å². The molecule has 3 heteroatoms. The second-order valence-corrected chi connectivity index (χ2v) is 2.83. The smallest absolute Gasteiger partial charge is 0.498 e. The number of carbonyl (C=O) groups excluding carboxylic acids is 1. The van der Waals surface area contributed by atoms with Crippen LogP contribution in [0.15, 0.2) is 0 Å². The van der Waals surface area contributed by atoms with E-state index in [1.807, 2.05) is 0 Å². The largest absolute Gasteiger partial charge is 0.528 e. The summed E-state index contributed by atoms with van der Waals surface area (Å²) in [6.07, 6.45) is 0.687. The van der Waals surface area contributed by atoms with Crippen molar-refractivity contribution in [1.82, 2.24) is 0 Å². The van der Waals surface area contributed by atoms with Gasteiger partial charge < -0.3 is 8.58 Å². The summed E-state index contributed by atoms with van der Waals surface area (Å²) in [5, 5.41) is 0. The highest BCUT2D eigenvalue weighted by molar-refractivity contribution is 6.70. The van der Waals surface area contributed by atoms with Crippen LogP contribution >= 0.6 is 0 Å². The molecule has 2 nitrogen and oxygen atoms in total. The molecule has 0 aliphatic carbocycles. The van der Waals surface area contributed by atoms with Crippen molar-refractivity contribution in [2.75, 3.05) is 6.61 Å². The summed E-state index contributed by atoms with van der Waals surface area (Å²) < 4.78 is 5.22. The van der Waals surface area contributed by atoms with Gasteiger partial charge in [-0.3, -0.25) is 0 Å². The van der Waals surface area contributed by atoms with Gasteiger partial charge in [0.15, 0.2) is 0 Å². The zero-order chi connectivity index (χ0) is 4.41. The lowest BCUT2D eigenvalue weighted by atomic mass is 10.5. The average molecular weight is 100 g/mol. The monoisotopic (exact) mass is 100 g/mol. The van der Waals surface area contributed by atoms with E-state index in [1.54, 1.807) is 0 Å². The molecular weight excluding hydrogens is 95.0 g/mol. The fraction of sp³-hybridized carbons (Fsp3) is 0.667. The molecule has 0 bridgehead atoms. The fourth-order valence-electron chi connectivity index (χ4n) is 0.444. The van der Waals surface area contributed by atoms with Crippen LogP contribution in [-0.4, -0.2) is 26.8 Å². The summed E-state index contributed by atoms with van der Waals surface area (Å²) in [6.45, 7) is 0.699. The lowest BCUT2D eigenvalue weighted by molar-refractivity contribution is -0.111. The molecule has 1 rings (SSSR count). The summed E-state index contributed by atoms with van der Waals surface area (Å²) >= 11 is -0.671. The van der Waals surface area contributed by atoms with Crippen molar-refractivity contribution in [3.63, 3.8) is 0 Å². The molecular formula is C3H5AlO2. The van der Waals surface area contributed by atoms with Gasteiger partial charge in [-0.2, -0.15) is 0 Å². The third-order valence-corrected chi connectivity index (χ3v) is 1.96. The molecule has 0 amide bonds.